The number of benzene rings is 2. The molecule has 1 aliphatic rings. The van der Waals surface area contributed by atoms with Gasteiger partial charge in [0.25, 0.3) is 0 Å². The van der Waals surface area contributed by atoms with Crippen molar-refractivity contribution in [3.63, 3.8) is 0 Å². The summed E-state index contributed by atoms with van der Waals surface area (Å²) in [6.07, 6.45) is 0. The Morgan fingerprint density at radius 3 is 2.46 bits per heavy atom. The number of carboxylic acid groups (broad SMARTS) is 1. The molecule has 2 aromatic carbocycles. The van der Waals surface area contributed by atoms with Crippen LogP contribution in [0.5, 0.6) is 0 Å². The van der Waals surface area contributed by atoms with Crippen LogP contribution in [0.15, 0.2) is 59.0 Å². The third kappa shape index (κ3) is 4.12. The maximum absolute atomic E-state index is 11.1. The lowest BCUT2D eigenvalue weighted by molar-refractivity contribution is 0.0342. The molecular formula is C22H20ClNO4. The van der Waals surface area contributed by atoms with Crippen LogP contribution in [-0.4, -0.2) is 42.3 Å². The van der Waals surface area contributed by atoms with Gasteiger partial charge in [-0.3, -0.25) is 4.90 Å². The molecule has 4 rings (SSSR count). The number of hydrogen-bond donors (Lipinski definition) is 1. The Hall–Kier alpha value is -2.60. The molecule has 0 bridgehead atoms. The first kappa shape index (κ1) is 18.7. The average molecular weight is 398 g/mol. The molecule has 2 heterocycles. The average Bonchev–Trinajstić information content (AvgIpc) is 3.12. The van der Waals surface area contributed by atoms with Gasteiger partial charge in [-0.1, -0.05) is 35.9 Å². The van der Waals surface area contributed by atoms with Gasteiger partial charge in [0, 0.05) is 41.3 Å². The SMILES string of the molecule is O=C(O)c1ccc(-c2oc(-c3cccc(Cl)c3)cc2CN2CCOCC2)cc1. The number of ether oxygens (including phenoxy) is 1. The minimum atomic E-state index is -0.945. The largest absolute Gasteiger partial charge is 0.478 e. The van der Waals surface area contributed by atoms with E-state index in [9.17, 15) is 4.79 Å². The van der Waals surface area contributed by atoms with Crippen LogP contribution in [0.3, 0.4) is 0 Å². The lowest BCUT2D eigenvalue weighted by Crippen LogP contribution is -2.35. The molecule has 0 atom stereocenters. The lowest BCUT2D eigenvalue weighted by Gasteiger charge is -2.26. The molecule has 144 valence electrons. The van der Waals surface area contributed by atoms with Gasteiger partial charge in [0.15, 0.2) is 0 Å². The molecule has 1 saturated heterocycles. The van der Waals surface area contributed by atoms with Crippen molar-refractivity contribution in [3.8, 4) is 22.6 Å². The van der Waals surface area contributed by atoms with Crippen LogP contribution in [0.1, 0.15) is 15.9 Å². The number of carbonyl (C=O) groups is 1. The zero-order valence-electron chi connectivity index (χ0n) is 15.2. The number of halogens is 1. The predicted molar refractivity (Wildman–Crippen MR) is 108 cm³/mol. The number of hydrogen-bond acceptors (Lipinski definition) is 4. The number of furan rings is 1. The molecule has 5 nitrogen and oxygen atoms in total. The molecule has 28 heavy (non-hydrogen) atoms. The second-order valence-electron chi connectivity index (χ2n) is 6.75. The molecule has 0 saturated carbocycles. The Labute approximate surface area is 168 Å². The predicted octanol–water partition coefficient (Wildman–Crippen LogP) is 4.80. The van der Waals surface area contributed by atoms with Crippen molar-refractivity contribution in [1.29, 1.82) is 0 Å². The molecule has 1 N–H and O–H groups in total. The minimum Gasteiger partial charge on any atom is -0.478 e. The third-order valence-corrected chi connectivity index (χ3v) is 5.04. The summed E-state index contributed by atoms with van der Waals surface area (Å²) < 4.78 is 11.7. The highest BCUT2D eigenvalue weighted by Crippen LogP contribution is 2.34. The summed E-state index contributed by atoms with van der Waals surface area (Å²) in [5.74, 6) is 0.542. The third-order valence-electron chi connectivity index (χ3n) is 4.81. The Bertz CT molecular complexity index is 974. The molecule has 1 aromatic heterocycles. The van der Waals surface area contributed by atoms with Gasteiger partial charge >= 0.3 is 5.97 Å². The van der Waals surface area contributed by atoms with Crippen molar-refractivity contribution in [2.45, 2.75) is 6.54 Å². The van der Waals surface area contributed by atoms with Crippen LogP contribution in [0.2, 0.25) is 5.02 Å². The molecule has 0 spiro atoms. The van der Waals surface area contributed by atoms with Gasteiger partial charge in [0.1, 0.15) is 11.5 Å². The van der Waals surface area contributed by atoms with Crippen LogP contribution in [0, 0.1) is 0 Å². The van der Waals surface area contributed by atoms with Gasteiger partial charge < -0.3 is 14.3 Å². The van der Waals surface area contributed by atoms with Crippen molar-refractivity contribution in [1.82, 2.24) is 4.90 Å². The van der Waals surface area contributed by atoms with Crippen LogP contribution < -0.4 is 0 Å². The number of morpholine rings is 1. The van der Waals surface area contributed by atoms with Crippen molar-refractivity contribution < 1.29 is 19.1 Å². The maximum Gasteiger partial charge on any atom is 0.335 e. The Balaban J connectivity index is 1.72. The van der Waals surface area contributed by atoms with Gasteiger partial charge in [0.2, 0.25) is 0 Å². The van der Waals surface area contributed by atoms with Crippen molar-refractivity contribution in [3.05, 3.63) is 70.7 Å². The van der Waals surface area contributed by atoms with E-state index in [1.165, 1.54) is 0 Å². The highest BCUT2D eigenvalue weighted by atomic mass is 35.5. The minimum absolute atomic E-state index is 0.250. The summed E-state index contributed by atoms with van der Waals surface area (Å²) in [4.78, 5) is 13.5. The second-order valence-corrected chi connectivity index (χ2v) is 7.18. The van der Waals surface area contributed by atoms with E-state index in [0.29, 0.717) is 5.02 Å². The smallest absolute Gasteiger partial charge is 0.335 e. The van der Waals surface area contributed by atoms with E-state index >= 15 is 0 Å². The molecule has 0 radical (unpaired) electrons. The fraction of sp³-hybridized carbons (Fsp3) is 0.227. The normalized spacial score (nSPS) is 14.9. The Kier molecular flexibility index (Phi) is 5.48. The quantitative estimate of drug-likeness (QED) is 0.670. The van der Waals surface area contributed by atoms with E-state index in [-0.39, 0.29) is 5.56 Å². The monoisotopic (exact) mass is 397 g/mol. The molecule has 1 aliphatic heterocycles. The van der Waals surface area contributed by atoms with E-state index in [2.05, 4.69) is 4.90 Å². The standard InChI is InChI=1S/C22H20ClNO4/c23-19-3-1-2-17(12-19)20-13-18(14-24-8-10-27-11-9-24)21(28-20)15-4-6-16(7-5-15)22(25)26/h1-7,12-13H,8-11,14H2,(H,25,26). The molecule has 1 fully saturated rings. The summed E-state index contributed by atoms with van der Waals surface area (Å²) in [5, 5.41) is 9.79. The molecular weight excluding hydrogens is 378 g/mol. The molecule has 0 aliphatic carbocycles. The second kappa shape index (κ2) is 8.19. The van der Waals surface area contributed by atoms with E-state index in [1.807, 2.05) is 30.3 Å². The fourth-order valence-electron chi connectivity index (χ4n) is 3.34. The number of carboxylic acids is 1. The van der Waals surface area contributed by atoms with Crippen LogP contribution >= 0.6 is 11.6 Å². The van der Waals surface area contributed by atoms with Crippen LogP contribution in [-0.2, 0) is 11.3 Å². The van der Waals surface area contributed by atoms with Gasteiger partial charge in [0.05, 0.1) is 18.8 Å². The molecule has 0 amide bonds. The first-order valence-electron chi connectivity index (χ1n) is 9.12. The summed E-state index contributed by atoms with van der Waals surface area (Å²) in [6.45, 7) is 3.93. The van der Waals surface area contributed by atoms with Crippen LogP contribution in [0.25, 0.3) is 22.6 Å². The molecule has 6 heteroatoms. The number of rotatable bonds is 5. The van der Waals surface area contributed by atoms with Crippen molar-refractivity contribution in [2.75, 3.05) is 26.3 Å². The molecule has 0 unspecified atom stereocenters. The lowest BCUT2D eigenvalue weighted by atomic mass is 10.1. The summed E-state index contributed by atoms with van der Waals surface area (Å²) >= 11 is 6.14. The maximum atomic E-state index is 11.1. The van der Waals surface area contributed by atoms with E-state index in [4.69, 9.17) is 25.9 Å². The summed E-state index contributed by atoms with van der Waals surface area (Å²) in [7, 11) is 0. The highest BCUT2D eigenvalue weighted by molar-refractivity contribution is 6.30. The highest BCUT2D eigenvalue weighted by Gasteiger charge is 2.19. The van der Waals surface area contributed by atoms with E-state index < -0.39 is 5.97 Å². The topological polar surface area (TPSA) is 62.9 Å². The summed E-state index contributed by atoms with van der Waals surface area (Å²) in [5.41, 5.74) is 3.06. The van der Waals surface area contributed by atoms with E-state index in [1.54, 1.807) is 24.3 Å². The fourth-order valence-corrected chi connectivity index (χ4v) is 3.53. The zero-order chi connectivity index (χ0) is 19.5. The van der Waals surface area contributed by atoms with E-state index in [0.717, 1.165) is 61.1 Å². The van der Waals surface area contributed by atoms with Gasteiger partial charge in [-0.05, 0) is 30.3 Å². The zero-order valence-corrected chi connectivity index (χ0v) is 16.0. The van der Waals surface area contributed by atoms with Crippen LogP contribution in [0.4, 0.5) is 0 Å². The number of nitrogens with zero attached hydrogens (tertiary/aromatic N) is 1. The van der Waals surface area contributed by atoms with Crippen molar-refractivity contribution in [2.24, 2.45) is 0 Å². The van der Waals surface area contributed by atoms with Gasteiger partial charge in [-0.15, -0.1) is 0 Å². The Morgan fingerprint density at radius 1 is 1.04 bits per heavy atom. The molecule has 3 aromatic rings. The summed E-state index contributed by atoms with van der Waals surface area (Å²) in [6, 6.07) is 16.4. The number of aromatic carboxylic acids is 1. The van der Waals surface area contributed by atoms with Crippen molar-refractivity contribution >= 4 is 17.6 Å². The first-order chi connectivity index (χ1) is 13.6. The Morgan fingerprint density at radius 2 is 1.79 bits per heavy atom. The van der Waals surface area contributed by atoms with Gasteiger partial charge in [-0.25, -0.2) is 4.79 Å². The first-order valence-corrected chi connectivity index (χ1v) is 9.50. The van der Waals surface area contributed by atoms with Gasteiger partial charge in [-0.2, -0.15) is 0 Å².